The summed E-state index contributed by atoms with van der Waals surface area (Å²) in [5.41, 5.74) is 0. The van der Waals surface area contributed by atoms with Crippen LogP contribution in [0.5, 0.6) is 5.75 Å². The summed E-state index contributed by atoms with van der Waals surface area (Å²) in [6.07, 6.45) is 5.33. The van der Waals surface area contributed by atoms with Gasteiger partial charge in [-0.25, -0.2) is 4.79 Å². The van der Waals surface area contributed by atoms with Crippen LogP contribution in [0.4, 0.5) is 4.79 Å². The summed E-state index contributed by atoms with van der Waals surface area (Å²) in [5.74, 6) is 1.77. The van der Waals surface area contributed by atoms with Crippen molar-refractivity contribution >= 4 is 17.7 Å². The fraction of sp³-hybridized carbons (Fsp3) is 0.667. The second-order valence-corrected chi connectivity index (χ2v) is 8.19. The molecule has 1 saturated carbocycles. The fourth-order valence-corrected chi connectivity index (χ4v) is 4.22. The van der Waals surface area contributed by atoms with Gasteiger partial charge in [-0.15, -0.1) is 0 Å². The van der Waals surface area contributed by atoms with Crippen molar-refractivity contribution in [2.24, 2.45) is 11.8 Å². The molecule has 1 unspecified atom stereocenters. The van der Waals surface area contributed by atoms with Gasteiger partial charge < -0.3 is 19.7 Å². The molecular formula is C21H31ClN2O3. The second kappa shape index (κ2) is 9.76. The number of hydrogen-bond donors (Lipinski definition) is 1. The van der Waals surface area contributed by atoms with Crippen LogP contribution >= 0.6 is 11.6 Å². The average molecular weight is 395 g/mol. The van der Waals surface area contributed by atoms with Crippen LogP contribution in [0.3, 0.4) is 0 Å². The molecule has 0 aromatic heterocycles. The van der Waals surface area contributed by atoms with Crippen LogP contribution in [0.15, 0.2) is 24.3 Å². The first-order valence-corrected chi connectivity index (χ1v) is 10.5. The van der Waals surface area contributed by atoms with E-state index in [1.54, 1.807) is 29.2 Å². The Kier molecular flexibility index (Phi) is 7.39. The van der Waals surface area contributed by atoms with Crippen molar-refractivity contribution in [1.29, 1.82) is 0 Å². The Balaban J connectivity index is 1.49. The van der Waals surface area contributed by atoms with Crippen LogP contribution in [0, 0.1) is 11.8 Å². The first-order valence-electron chi connectivity index (χ1n) is 10.1. The van der Waals surface area contributed by atoms with E-state index in [1.807, 2.05) is 7.05 Å². The van der Waals surface area contributed by atoms with Gasteiger partial charge >= 0.3 is 6.09 Å². The molecule has 1 heterocycles. The predicted octanol–water partition coefficient (Wildman–Crippen LogP) is 4.34. The Morgan fingerprint density at radius 3 is 2.41 bits per heavy atom. The maximum atomic E-state index is 12.5. The van der Waals surface area contributed by atoms with Gasteiger partial charge in [-0.05, 0) is 62.3 Å². The molecule has 6 heteroatoms. The third-order valence-corrected chi connectivity index (χ3v) is 6.10. The molecule has 0 bridgehead atoms. The molecule has 2 fully saturated rings. The van der Waals surface area contributed by atoms with Gasteiger partial charge in [0.25, 0.3) is 0 Å². The molecule has 150 valence electrons. The van der Waals surface area contributed by atoms with Crippen LogP contribution in [-0.4, -0.2) is 49.9 Å². The van der Waals surface area contributed by atoms with Gasteiger partial charge in [-0.2, -0.15) is 0 Å². The van der Waals surface area contributed by atoms with Gasteiger partial charge in [0.15, 0.2) is 0 Å². The number of carbonyl (C=O) groups excluding carboxylic acids is 1. The molecule has 0 spiro atoms. The monoisotopic (exact) mass is 394 g/mol. The Bertz CT molecular complexity index is 598. The Morgan fingerprint density at radius 2 is 1.85 bits per heavy atom. The summed E-state index contributed by atoms with van der Waals surface area (Å²) in [4.78, 5) is 14.2. The minimum atomic E-state index is -0.303. The summed E-state index contributed by atoms with van der Waals surface area (Å²) in [5, 5.41) is 4.00. The molecule has 2 aliphatic rings. The zero-order valence-electron chi connectivity index (χ0n) is 16.3. The van der Waals surface area contributed by atoms with Crippen molar-refractivity contribution in [3.05, 3.63) is 29.3 Å². The number of amides is 1. The normalized spacial score (nSPS) is 24.1. The molecule has 1 aliphatic carbocycles. The number of hydrogen-bond acceptors (Lipinski definition) is 4. The SMILES string of the molecule is CCCOC(C1CCC(N(C)C(=O)Oc2ccc(Cl)cc2)CC1)C1CNC1. The van der Waals surface area contributed by atoms with Gasteiger partial charge in [0, 0.05) is 43.7 Å². The Labute approximate surface area is 167 Å². The number of benzene rings is 1. The quantitative estimate of drug-likeness (QED) is 0.747. The highest BCUT2D eigenvalue weighted by atomic mass is 35.5. The van der Waals surface area contributed by atoms with Crippen molar-refractivity contribution in [2.45, 2.75) is 51.2 Å². The number of rotatable bonds is 7. The van der Waals surface area contributed by atoms with Crippen molar-refractivity contribution in [3.63, 3.8) is 0 Å². The summed E-state index contributed by atoms with van der Waals surface area (Å²) < 4.78 is 11.7. The van der Waals surface area contributed by atoms with Gasteiger partial charge in [0.1, 0.15) is 5.75 Å². The lowest BCUT2D eigenvalue weighted by Crippen LogP contribution is -2.53. The highest BCUT2D eigenvalue weighted by molar-refractivity contribution is 6.30. The van der Waals surface area contributed by atoms with Crippen LogP contribution in [0.1, 0.15) is 39.0 Å². The van der Waals surface area contributed by atoms with E-state index < -0.39 is 0 Å². The third-order valence-electron chi connectivity index (χ3n) is 5.85. The van der Waals surface area contributed by atoms with Gasteiger partial charge in [0.2, 0.25) is 0 Å². The highest BCUT2D eigenvalue weighted by Gasteiger charge is 2.37. The van der Waals surface area contributed by atoms with Gasteiger partial charge in [-0.1, -0.05) is 18.5 Å². The number of ether oxygens (including phenoxy) is 2. The molecule has 1 aliphatic heterocycles. The smallest absolute Gasteiger partial charge is 0.410 e. The van der Waals surface area contributed by atoms with Gasteiger partial charge in [0.05, 0.1) is 6.10 Å². The van der Waals surface area contributed by atoms with Crippen LogP contribution in [0.25, 0.3) is 0 Å². The highest BCUT2D eigenvalue weighted by Crippen LogP contribution is 2.34. The van der Waals surface area contributed by atoms with E-state index in [1.165, 1.54) is 0 Å². The summed E-state index contributed by atoms with van der Waals surface area (Å²) in [6.45, 7) is 5.14. The largest absolute Gasteiger partial charge is 0.415 e. The summed E-state index contributed by atoms with van der Waals surface area (Å²) in [6, 6.07) is 7.11. The minimum Gasteiger partial charge on any atom is -0.410 e. The Hall–Kier alpha value is -1.30. The van der Waals surface area contributed by atoms with Crippen molar-refractivity contribution < 1.29 is 14.3 Å². The maximum Gasteiger partial charge on any atom is 0.415 e. The van der Waals surface area contributed by atoms with Crippen LogP contribution < -0.4 is 10.1 Å². The molecule has 1 N–H and O–H groups in total. The lowest BCUT2D eigenvalue weighted by molar-refractivity contribution is -0.0546. The van der Waals surface area contributed by atoms with Crippen molar-refractivity contribution in [2.75, 3.05) is 26.7 Å². The molecule has 0 radical (unpaired) electrons. The molecule has 5 nitrogen and oxygen atoms in total. The molecule has 1 atom stereocenters. The predicted molar refractivity (Wildman–Crippen MR) is 107 cm³/mol. The van der Waals surface area contributed by atoms with E-state index in [9.17, 15) is 4.79 Å². The van der Waals surface area contributed by atoms with E-state index >= 15 is 0 Å². The minimum absolute atomic E-state index is 0.229. The van der Waals surface area contributed by atoms with Crippen LogP contribution in [-0.2, 0) is 4.74 Å². The van der Waals surface area contributed by atoms with E-state index in [0.29, 0.717) is 28.7 Å². The van der Waals surface area contributed by atoms with E-state index in [4.69, 9.17) is 21.1 Å². The number of halogens is 1. The number of nitrogens with one attached hydrogen (secondary N) is 1. The van der Waals surface area contributed by atoms with E-state index in [2.05, 4.69) is 12.2 Å². The first-order chi connectivity index (χ1) is 13.1. The first kappa shape index (κ1) is 20.4. The summed E-state index contributed by atoms with van der Waals surface area (Å²) in [7, 11) is 1.84. The standard InChI is InChI=1S/C21H31ClN2O3/c1-3-12-26-20(16-13-23-14-16)15-4-8-18(9-5-15)24(2)21(25)27-19-10-6-17(22)7-11-19/h6-7,10-11,15-16,18,20,23H,3-5,8-9,12-14H2,1-2H3. The van der Waals surface area contributed by atoms with Crippen molar-refractivity contribution in [1.82, 2.24) is 10.2 Å². The molecule has 27 heavy (non-hydrogen) atoms. The molecule has 1 aromatic carbocycles. The zero-order chi connectivity index (χ0) is 19.2. The molecule has 1 aromatic rings. The van der Waals surface area contributed by atoms with Crippen LogP contribution in [0.2, 0.25) is 5.02 Å². The molecular weight excluding hydrogens is 364 g/mol. The lowest BCUT2D eigenvalue weighted by atomic mass is 9.76. The number of nitrogens with zero attached hydrogens (tertiary/aromatic N) is 1. The third kappa shape index (κ3) is 5.37. The fourth-order valence-electron chi connectivity index (χ4n) is 4.10. The maximum absolute atomic E-state index is 12.5. The Morgan fingerprint density at radius 1 is 1.19 bits per heavy atom. The molecule has 3 rings (SSSR count). The molecule has 1 amide bonds. The van der Waals surface area contributed by atoms with E-state index in [0.717, 1.165) is 51.8 Å². The topological polar surface area (TPSA) is 50.8 Å². The van der Waals surface area contributed by atoms with Crippen molar-refractivity contribution in [3.8, 4) is 5.75 Å². The van der Waals surface area contributed by atoms with Gasteiger partial charge in [-0.3, -0.25) is 0 Å². The number of carbonyl (C=O) groups is 1. The molecule has 1 saturated heterocycles. The second-order valence-electron chi connectivity index (χ2n) is 7.76. The lowest BCUT2D eigenvalue weighted by Gasteiger charge is -2.42. The average Bonchev–Trinajstić information content (AvgIpc) is 2.65. The zero-order valence-corrected chi connectivity index (χ0v) is 17.1. The van der Waals surface area contributed by atoms with E-state index in [-0.39, 0.29) is 12.1 Å². The summed E-state index contributed by atoms with van der Waals surface area (Å²) >= 11 is 5.88.